The van der Waals surface area contributed by atoms with E-state index in [2.05, 4.69) is 38.8 Å². The number of rotatable bonds is 8. The van der Waals surface area contributed by atoms with Crippen molar-refractivity contribution in [3.8, 4) is 0 Å². The van der Waals surface area contributed by atoms with Gasteiger partial charge in [0, 0.05) is 12.0 Å². The fraction of sp³-hybridized carbons (Fsp3) is 0.158. The Morgan fingerprint density at radius 3 is 2.45 bits per heavy atom. The second kappa shape index (κ2) is 8.76. The third-order valence-electron chi connectivity index (χ3n) is 2.72. The molecule has 20 heavy (non-hydrogen) atoms. The summed E-state index contributed by atoms with van der Waals surface area (Å²) < 4.78 is 5.88. The summed E-state index contributed by atoms with van der Waals surface area (Å²) in [5.41, 5.74) is 1.96. The van der Waals surface area contributed by atoms with Gasteiger partial charge in [-0.1, -0.05) is 75.2 Å². The predicted molar refractivity (Wildman–Crippen MR) is 88.0 cm³/mol. The zero-order valence-electron chi connectivity index (χ0n) is 12.1. The second-order valence-corrected chi connectivity index (χ2v) is 4.36. The van der Waals surface area contributed by atoms with Crippen molar-refractivity contribution in [3.63, 3.8) is 0 Å². The van der Waals surface area contributed by atoms with E-state index in [-0.39, 0.29) is 0 Å². The average Bonchev–Trinajstić information content (AvgIpc) is 2.46. The minimum atomic E-state index is 0.593. The van der Waals surface area contributed by atoms with Crippen LogP contribution in [0.5, 0.6) is 0 Å². The number of hydrogen-bond donors (Lipinski definition) is 0. The van der Waals surface area contributed by atoms with Crippen molar-refractivity contribution in [2.45, 2.75) is 19.8 Å². The Hall–Kier alpha value is -2.28. The van der Waals surface area contributed by atoms with Crippen LogP contribution in [0, 0.1) is 0 Å². The largest absolute Gasteiger partial charge is 0.462 e. The molecule has 0 fully saturated rings. The van der Waals surface area contributed by atoms with E-state index in [9.17, 15) is 0 Å². The molecular formula is C19H22O. The topological polar surface area (TPSA) is 9.23 Å². The SMILES string of the molecule is C=C/C=C(\C=C)C(=C)O/C(=C\c1ccccc1)CCC. The van der Waals surface area contributed by atoms with E-state index < -0.39 is 0 Å². The molecule has 1 aromatic carbocycles. The summed E-state index contributed by atoms with van der Waals surface area (Å²) in [6.45, 7) is 13.5. The molecule has 0 bridgehead atoms. The Bertz CT molecular complexity index is 518. The predicted octanol–water partition coefficient (Wildman–Crippen LogP) is 5.66. The van der Waals surface area contributed by atoms with Gasteiger partial charge >= 0.3 is 0 Å². The smallest absolute Gasteiger partial charge is 0.126 e. The molecule has 0 aliphatic rings. The molecule has 0 radical (unpaired) electrons. The Morgan fingerprint density at radius 1 is 1.20 bits per heavy atom. The third kappa shape index (κ3) is 5.15. The lowest BCUT2D eigenvalue weighted by Crippen LogP contribution is -1.94. The molecule has 1 rings (SSSR count). The van der Waals surface area contributed by atoms with Crippen LogP contribution in [0.15, 0.2) is 85.4 Å². The number of allylic oxidation sites excluding steroid dienone is 4. The average molecular weight is 266 g/mol. The minimum absolute atomic E-state index is 0.593. The standard InChI is InChI=1S/C19H22O/c1-5-11-18(7-3)16(4)20-19(12-6-2)15-17-13-9-8-10-14-17/h5,7-11,13-15H,1,3-4,6,12H2,2H3/b18-11+,19-15-. The molecule has 0 saturated heterocycles. The molecule has 104 valence electrons. The molecular weight excluding hydrogens is 244 g/mol. The van der Waals surface area contributed by atoms with Crippen LogP contribution in [0.1, 0.15) is 25.3 Å². The maximum absolute atomic E-state index is 5.88. The summed E-state index contributed by atoms with van der Waals surface area (Å²) in [5, 5.41) is 0. The number of benzene rings is 1. The van der Waals surface area contributed by atoms with Crippen molar-refractivity contribution in [1.82, 2.24) is 0 Å². The van der Waals surface area contributed by atoms with Gasteiger partial charge < -0.3 is 4.74 Å². The van der Waals surface area contributed by atoms with Crippen molar-refractivity contribution >= 4 is 6.08 Å². The van der Waals surface area contributed by atoms with Crippen molar-refractivity contribution in [2.24, 2.45) is 0 Å². The van der Waals surface area contributed by atoms with Crippen LogP contribution in [0.4, 0.5) is 0 Å². The third-order valence-corrected chi connectivity index (χ3v) is 2.72. The van der Waals surface area contributed by atoms with Crippen molar-refractivity contribution in [1.29, 1.82) is 0 Å². The van der Waals surface area contributed by atoms with E-state index in [1.54, 1.807) is 12.2 Å². The summed E-state index contributed by atoms with van der Waals surface area (Å²) in [5.74, 6) is 1.50. The highest BCUT2D eigenvalue weighted by atomic mass is 16.5. The van der Waals surface area contributed by atoms with Gasteiger partial charge in [-0.25, -0.2) is 0 Å². The second-order valence-electron chi connectivity index (χ2n) is 4.36. The maximum Gasteiger partial charge on any atom is 0.126 e. The van der Waals surface area contributed by atoms with Crippen LogP contribution >= 0.6 is 0 Å². The zero-order valence-corrected chi connectivity index (χ0v) is 12.1. The molecule has 0 aliphatic carbocycles. The van der Waals surface area contributed by atoms with Gasteiger partial charge in [0.2, 0.25) is 0 Å². The van der Waals surface area contributed by atoms with Crippen LogP contribution < -0.4 is 0 Å². The van der Waals surface area contributed by atoms with E-state index in [1.165, 1.54) is 0 Å². The lowest BCUT2D eigenvalue weighted by atomic mass is 10.1. The zero-order chi connectivity index (χ0) is 14.8. The summed E-state index contributed by atoms with van der Waals surface area (Å²) in [6, 6.07) is 10.1. The van der Waals surface area contributed by atoms with Gasteiger partial charge in [0.05, 0.1) is 0 Å². The highest BCUT2D eigenvalue weighted by molar-refractivity contribution is 5.51. The molecule has 0 spiro atoms. The summed E-state index contributed by atoms with van der Waals surface area (Å²) in [4.78, 5) is 0. The van der Waals surface area contributed by atoms with E-state index in [1.807, 2.05) is 30.4 Å². The fourth-order valence-electron chi connectivity index (χ4n) is 1.75. The van der Waals surface area contributed by atoms with Crippen LogP contribution in [0.25, 0.3) is 6.08 Å². The first kappa shape index (κ1) is 15.8. The van der Waals surface area contributed by atoms with Crippen molar-refractivity contribution in [3.05, 3.63) is 91.0 Å². The molecule has 0 heterocycles. The van der Waals surface area contributed by atoms with Gasteiger partial charge in [-0.2, -0.15) is 0 Å². The summed E-state index contributed by atoms with van der Waals surface area (Å²) in [7, 11) is 0. The molecule has 0 aromatic heterocycles. The first-order valence-corrected chi connectivity index (χ1v) is 6.79. The van der Waals surface area contributed by atoms with Gasteiger partial charge in [-0.15, -0.1) is 0 Å². The Kier molecular flexibility index (Phi) is 6.91. The van der Waals surface area contributed by atoms with E-state index in [0.29, 0.717) is 5.76 Å². The fourth-order valence-corrected chi connectivity index (χ4v) is 1.75. The summed E-state index contributed by atoms with van der Waals surface area (Å²) >= 11 is 0. The van der Waals surface area contributed by atoms with Gasteiger partial charge in [0.15, 0.2) is 0 Å². The van der Waals surface area contributed by atoms with Gasteiger partial charge in [0.25, 0.3) is 0 Å². The summed E-state index contributed by atoms with van der Waals surface area (Å²) in [6.07, 6.45) is 9.18. The van der Waals surface area contributed by atoms with E-state index in [0.717, 1.165) is 29.7 Å². The lowest BCUT2D eigenvalue weighted by molar-refractivity contribution is 0.306. The monoisotopic (exact) mass is 266 g/mol. The molecule has 0 atom stereocenters. The highest BCUT2D eigenvalue weighted by Gasteiger charge is 2.04. The van der Waals surface area contributed by atoms with Crippen LogP contribution in [-0.2, 0) is 4.74 Å². The normalized spacial score (nSPS) is 11.8. The first-order chi connectivity index (χ1) is 9.71. The van der Waals surface area contributed by atoms with Crippen molar-refractivity contribution < 1.29 is 4.74 Å². The maximum atomic E-state index is 5.88. The number of ether oxygens (including phenoxy) is 1. The molecule has 0 saturated carbocycles. The highest BCUT2D eigenvalue weighted by Crippen LogP contribution is 2.20. The Balaban J connectivity index is 2.90. The minimum Gasteiger partial charge on any atom is -0.462 e. The van der Waals surface area contributed by atoms with Crippen molar-refractivity contribution in [2.75, 3.05) is 0 Å². The van der Waals surface area contributed by atoms with Crippen LogP contribution in [0.2, 0.25) is 0 Å². The molecule has 1 nitrogen and oxygen atoms in total. The molecule has 1 aromatic rings. The molecule has 0 aliphatic heterocycles. The van der Waals surface area contributed by atoms with E-state index in [4.69, 9.17) is 4.74 Å². The Morgan fingerprint density at radius 2 is 1.90 bits per heavy atom. The quantitative estimate of drug-likeness (QED) is 0.436. The van der Waals surface area contributed by atoms with Crippen LogP contribution in [0.3, 0.4) is 0 Å². The molecule has 0 amide bonds. The lowest BCUT2D eigenvalue weighted by Gasteiger charge is -2.12. The first-order valence-electron chi connectivity index (χ1n) is 6.79. The van der Waals surface area contributed by atoms with Crippen LogP contribution in [-0.4, -0.2) is 0 Å². The van der Waals surface area contributed by atoms with Gasteiger partial charge in [0.1, 0.15) is 11.5 Å². The van der Waals surface area contributed by atoms with Gasteiger partial charge in [-0.05, 0) is 18.1 Å². The van der Waals surface area contributed by atoms with Gasteiger partial charge in [-0.3, -0.25) is 0 Å². The molecule has 0 N–H and O–H groups in total. The molecule has 0 unspecified atom stereocenters. The Labute approximate surface area is 122 Å². The van der Waals surface area contributed by atoms with E-state index >= 15 is 0 Å². The number of hydrogen-bond acceptors (Lipinski definition) is 1. The molecule has 1 heteroatoms.